The predicted octanol–water partition coefficient (Wildman–Crippen LogP) is 4.85. The summed E-state index contributed by atoms with van der Waals surface area (Å²) in [4.78, 5) is 24.7. The molecular formula is C27H27N3O3. The Morgan fingerprint density at radius 3 is 2.24 bits per heavy atom. The lowest BCUT2D eigenvalue weighted by Gasteiger charge is -2.09. The lowest BCUT2D eigenvalue weighted by atomic mass is 9.99. The van der Waals surface area contributed by atoms with Gasteiger partial charge in [0.05, 0.1) is 18.7 Å². The zero-order valence-electron chi connectivity index (χ0n) is 18.6. The zero-order chi connectivity index (χ0) is 23.2. The number of hydrogen-bond donors (Lipinski definition) is 1. The summed E-state index contributed by atoms with van der Waals surface area (Å²) in [6, 6.07) is 24.5. The molecule has 0 aliphatic carbocycles. The first kappa shape index (κ1) is 22.3. The van der Waals surface area contributed by atoms with Crippen LogP contribution in [0.5, 0.6) is 0 Å². The standard InChI is InChI=1S/C27H27N3O3/c1-2-3-13-25-28-30(19-20-9-5-4-6-10-20)27(33)29(25)18-21-14-16-22(17-15-21)23-11-7-8-12-24(23)26(31)32/h4-12,14-17H,2-3,13,18-19H2,1H3,(H,31,32). The van der Waals surface area contributed by atoms with Crippen molar-refractivity contribution in [2.45, 2.75) is 39.3 Å². The molecule has 1 N–H and O–H groups in total. The van der Waals surface area contributed by atoms with Gasteiger partial charge in [0.1, 0.15) is 5.82 Å². The Labute approximate surface area is 192 Å². The van der Waals surface area contributed by atoms with Crippen molar-refractivity contribution in [1.29, 1.82) is 0 Å². The van der Waals surface area contributed by atoms with E-state index in [1.807, 2.05) is 60.7 Å². The maximum absolute atomic E-state index is 13.2. The van der Waals surface area contributed by atoms with Crippen molar-refractivity contribution in [3.63, 3.8) is 0 Å². The van der Waals surface area contributed by atoms with E-state index in [-0.39, 0.29) is 11.3 Å². The fraction of sp³-hybridized carbons (Fsp3) is 0.222. The van der Waals surface area contributed by atoms with Crippen molar-refractivity contribution in [3.05, 3.63) is 112 Å². The summed E-state index contributed by atoms with van der Waals surface area (Å²) in [7, 11) is 0. The fourth-order valence-corrected chi connectivity index (χ4v) is 3.92. The monoisotopic (exact) mass is 441 g/mol. The van der Waals surface area contributed by atoms with Crippen LogP contribution in [0.15, 0.2) is 83.7 Å². The van der Waals surface area contributed by atoms with E-state index in [4.69, 9.17) is 0 Å². The highest BCUT2D eigenvalue weighted by Gasteiger charge is 2.15. The van der Waals surface area contributed by atoms with Gasteiger partial charge < -0.3 is 5.11 Å². The lowest BCUT2D eigenvalue weighted by Crippen LogP contribution is -2.26. The van der Waals surface area contributed by atoms with Crippen LogP contribution >= 0.6 is 0 Å². The van der Waals surface area contributed by atoms with Crippen LogP contribution in [-0.4, -0.2) is 25.4 Å². The molecule has 0 saturated heterocycles. The molecule has 6 nitrogen and oxygen atoms in total. The van der Waals surface area contributed by atoms with Gasteiger partial charge in [-0.15, -0.1) is 0 Å². The SMILES string of the molecule is CCCCc1nn(Cc2ccccc2)c(=O)n1Cc1ccc(-c2ccccc2C(=O)O)cc1. The van der Waals surface area contributed by atoms with Crippen LogP contribution in [-0.2, 0) is 19.5 Å². The van der Waals surface area contributed by atoms with Gasteiger partial charge in [-0.05, 0) is 34.7 Å². The van der Waals surface area contributed by atoms with Gasteiger partial charge in [0.15, 0.2) is 0 Å². The van der Waals surface area contributed by atoms with Gasteiger partial charge in [0, 0.05) is 6.42 Å². The minimum Gasteiger partial charge on any atom is -0.478 e. The highest BCUT2D eigenvalue weighted by atomic mass is 16.4. The van der Waals surface area contributed by atoms with E-state index >= 15 is 0 Å². The van der Waals surface area contributed by atoms with Gasteiger partial charge in [-0.3, -0.25) is 4.57 Å². The van der Waals surface area contributed by atoms with Crippen LogP contribution in [0.2, 0.25) is 0 Å². The van der Waals surface area contributed by atoms with Crippen molar-refractivity contribution < 1.29 is 9.90 Å². The van der Waals surface area contributed by atoms with Crippen molar-refractivity contribution in [1.82, 2.24) is 14.3 Å². The smallest absolute Gasteiger partial charge is 0.346 e. The highest BCUT2D eigenvalue weighted by Crippen LogP contribution is 2.24. The summed E-state index contributed by atoms with van der Waals surface area (Å²) >= 11 is 0. The number of carbonyl (C=O) groups is 1. The van der Waals surface area contributed by atoms with E-state index < -0.39 is 5.97 Å². The first-order valence-electron chi connectivity index (χ1n) is 11.2. The molecule has 33 heavy (non-hydrogen) atoms. The second kappa shape index (κ2) is 10.1. The molecule has 6 heteroatoms. The van der Waals surface area contributed by atoms with Crippen LogP contribution in [0, 0.1) is 0 Å². The third-order valence-electron chi connectivity index (χ3n) is 5.69. The molecule has 4 aromatic rings. The molecule has 0 unspecified atom stereocenters. The molecule has 1 heterocycles. The van der Waals surface area contributed by atoms with Gasteiger partial charge in [0.2, 0.25) is 0 Å². The molecule has 0 amide bonds. The molecule has 0 aliphatic heterocycles. The normalized spacial score (nSPS) is 10.9. The van der Waals surface area contributed by atoms with E-state index in [2.05, 4.69) is 12.0 Å². The van der Waals surface area contributed by atoms with Gasteiger partial charge in [0.25, 0.3) is 0 Å². The van der Waals surface area contributed by atoms with Gasteiger partial charge in [-0.2, -0.15) is 5.10 Å². The molecule has 168 valence electrons. The van der Waals surface area contributed by atoms with Crippen LogP contribution in [0.1, 0.15) is 47.1 Å². The summed E-state index contributed by atoms with van der Waals surface area (Å²) in [5.74, 6) is -0.161. The summed E-state index contributed by atoms with van der Waals surface area (Å²) in [6.07, 6.45) is 2.74. The Bertz CT molecular complexity index is 1290. The number of carboxylic acids is 1. The topological polar surface area (TPSA) is 77.1 Å². The maximum atomic E-state index is 13.2. The first-order chi connectivity index (χ1) is 16.1. The molecular weight excluding hydrogens is 414 g/mol. The summed E-state index contributed by atoms with van der Waals surface area (Å²) < 4.78 is 3.29. The molecule has 3 aromatic carbocycles. The van der Waals surface area contributed by atoms with E-state index in [0.29, 0.717) is 18.7 Å². The fourth-order valence-electron chi connectivity index (χ4n) is 3.92. The minimum atomic E-state index is -0.951. The number of nitrogens with zero attached hydrogens (tertiary/aromatic N) is 3. The molecule has 1 aromatic heterocycles. The minimum absolute atomic E-state index is 0.120. The number of aromatic carboxylic acids is 1. The number of aromatic nitrogens is 3. The number of hydrogen-bond acceptors (Lipinski definition) is 3. The molecule has 0 bridgehead atoms. The Hall–Kier alpha value is -3.93. The van der Waals surface area contributed by atoms with Crippen LogP contribution in [0.25, 0.3) is 11.1 Å². The second-order valence-corrected chi connectivity index (χ2v) is 8.08. The van der Waals surface area contributed by atoms with Gasteiger partial charge in [-0.1, -0.05) is 86.1 Å². The maximum Gasteiger partial charge on any atom is 0.346 e. The number of rotatable bonds is 9. The Morgan fingerprint density at radius 2 is 1.55 bits per heavy atom. The van der Waals surface area contributed by atoms with Gasteiger partial charge >= 0.3 is 11.7 Å². The molecule has 4 rings (SSSR count). The van der Waals surface area contributed by atoms with Crippen LogP contribution in [0.4, 0.5) is 0 Å². The van der Waals surface area contributed by atoms with Crippen molar-refractivity contribution in [2.75, 3.05) is 0 Å². The average Bonchev–Trinajstić information content (AvgIpc) is 3.13. The molecule has 0 radical (unpaired) electrons. The van der Waals surface area contributed by atoms with E-state index in [1.165, 1.54) is 4.68 Å². The third-order valence-corrected chi connectivity index (χ3v) is 5.69. The number of unbranched alkanes of at least 4 members (excludes halogenated alkanes) is 1. The Balaban J connectivity index is 1.61. The molecule has 0 atom stereocenters. The number of carboxylic acid groups (broad SMARTS) is 1. The van der Waals surface area contributed by atoms with E-state index in [0.717, 1.165) is 41.8 Å². The van der Waals surface area contributed by atoms with Crippen LogP contribution < -0.4 is 5.69 Å². The summed E-state index contributed by atoms with van der Waals surface area (Å²) in [6.45, 7) is 2.99. The van der Waals surface area contributed by atoms with E-state index in [9.17, 15) is 14.7 Å². The molecule has 0 aliphatic rings. The van der Waals surface area contributed by atoms with Crippen LogP contribution in [0.3, 0.4) is 0 Å². The predicted molar refractivity (Wildman–Crippen MR) is 129 cm³/mol. The quantitative estimate of drug-likeness (QED) is 0.403. The largest absolute Gasteiger partial charge is 0.478 e. The second-order valence-electron chi connectivity index (χ2n) is 8.08. The van der Waals surface area contributed by atoms with E-state index in [1.54, 1.807) is 22.8 Å². The average molecular weight is 442 g/mol. The molecule has 0 fully saturated rings. The third kappa shape index (κ3) is 5.12. The van der Waals surface area contributed by atoms with Crippen molar-refractivity contribution >= 4 is 5.97 Å². The lowest BCUT2D eigenvalue weighted by molar-refractivity contribution is 0.0697. The summed E-state index contributed by atoms with van der Waals surface area (Å²) in [5.41, 5.74) is 3.65. The molecule has 0 spiro atoms. The Kier molecular flexibility index (Phi) is 6.83. The van der Waals surface area contributed by atoms with Gasteiger partial charge in [-0.25, -0.2) is 14.3 Å². The number of benzene rings is 3. The Morgan fingerprint density at radius 1 is 0.879 bits per heavy atom. The zero-order valence-corrected chi connectivity index (χ0v) is 18.6. The van der Waals surface area contributed by atoms with Crippen molar-refractivity contribution in [3.8, 4) is 11.1 Å². The first-order valence-corrected chi connectivity index (χ1v) is 11.2. The molecule has 0 saturated carbocycles. The number of aryl methyl sites for hydroxylation is 1. The summed E-state index contributed by atoms with van der Waals surface area (Å²) in [5, 5.41) is 14.1. The highest BCUT2D eigenvalue weighted by molar-refractivity contribution is 5.95. The van der Waals surface area contributed by atoms with Crippen molar-refractivity contribution in [2.24, 2.45) is 0 Å².